The molecule has 0 aliphatic heterocycles. The van der Waals surface area contributed by atoms with E-state index in [-0.39, 0.29) is 0 Å². The molecule has 104 valence electrons. The van der Waals surface area contributed by atoms with E-state index in [0.717, 1.165) is 23.1 Å². The molecule has 0 fully saturated rings. The molecule has 0 aliphatic carbocycles. The Morgan fingerprint density at radius 2 is 1.68 bits per heavy atom. The molecule has 1 rings (SSSR count). The number of amides is 1. The van der Waals surface area contributed by atoms with Gasteiger partial charge in [0, 0.05) is 5.54 Å². The summed E-state index contributed by atoms with van der Waals surface area (Å²) in [5, 5.41) is 8.80. The van der Waals surface area contributed by atoms with Crippen LogP contribution >= 0.6 is 0 Å². The van der Waals surface area contributed by atoms with Gasteiger partial charge in [0.25, 0.3) is 5.91 Å². The van der Waals surface area contributed by atoms with Crippen LogP contribution in [0.5, 0.6) is 0 Å². The van der Waals surface area contributed by atoms with Gasteiger partial charge in [-0.3, -0.25) is 9.59 Å². The topological polar surface area (TPSA) is 57.6 Å². The van der Waals surface area contributed by atoms with Gasteiger partial charge in [0.05, 0.1) is 0 Å². The van der Waals surface area contributed by atoms with Gasteiger partial charge in [0.1, 0.15) is 23.7 Å². The molecule has 1 aromatic rings. The van der Waals surface area contributed by atoms with Gasteiger partial charge in [-0.25, -0.2) is 8.78 Å². The molecule has 0 saturated heterocycles. The molecule has 0 unspecified atom stereocenters. The molecule has 6 heteroatoms. The fourth-order valence-corrected chi connectivity index (χ4v) is 1.59. The molecule has 1 N–H and O–H groups in total. The number of hydrogen-bond acceptors (Lipinski definition) is 2. The fourth-order valence-electron chi connectivity index (χ4n) is 1.59. The zero-order chi connectivity index (χ0) is 14.8. The van der Waals surface area contributed by atoms with Crippen molar-refractivity contribution in [2.24, 2.45) is 0 Å². The summed E-state index contributed by atoms with van der Waals surface area (Å²) < 4.78 is 27.1. The molecular formula is C13H15F2NO3. The van der Waals surface area contributed by atoms with Crippen molar-refractivity contribution in [1.29, 1.82) is 0 Å². The number of hydrogen-bond donors (Lipinski definition) is 1. The minimum absolute atomic E-state index is 0.629. The van der Waals surface area contributed by atoms with Crippen LogP contribution in [0, 0.1) is 11.6 Å². The van der Waals surface area contributed by atoms with Gasteiger partial charge in [-0.15, -0.1) is 0 Å². The Bertz CT molecular complexity index is 489. The number of rotatable bonds is 3. The highest BCUT2D eigenvalue weighted by Crippen LogP contribution is 2.20. The minimum Gasteiger partial charge on any atom is -0.480 e. The number of carboxylic acid groups (broad SMARTS) is 1. The Balaban J connectivity index is 3.24. The lowest BCUT2D eigenvalue weighted by Gasteiger charge is -2.34. The second-order valence-corrected chi connectivity index (χ2v) is 5.05. The third-order valence-electron chi connectivity index (χ3n) is 2.52. The van der Waals surface area contributed by atoms with Gasteiger partial charge in [0.15, 0.2) is 0 Å². The molecule has 1 amide bonds. The van der Waals surface area contributed by atoms with E-state index in [4.69, 9.17) is 5.11 Å². The molecule has 0 radical (unpaired) electrons. The van der Waals surface area contributed by atoms with Crippen molar-refractivity contribution in [2.75, 3.05) is 6.54 Å². The first kappa shape index (κ1) is 15.1. The molecule has 0 aromatic heterocycles. The van der Waals surface area contributed by atoms with E-state index in [0.29, 0.717) is 0 Å². The fraction of sp³-hybridized carbons (Fsp3) is 0.385. The average Bonchev–Trinajstić information content (AvgIpc) is 2.23. The van der Waals surface area contributed by atoms with Gasteiger partial charge in [-0.05, 0) is 32.9 Å². The van der Waals surface area contributed by atoms with Crippen LogP contribution in [0.25, 0.3) is 0 Å². The SMILES string of the molecule is CC(C)(C)N(CC(=O)O)C(=O)c1c(F)cccc1F. The number of benzene rings is 1. The van der Waals surface area contributed by atoms with Crippen LogP contribution in [0.4, 0.5) is 8.78 Å². The Morgan fingerprint density at radius 3 is 2.05 bits per heavy atom. The lowest BCUT2D eigenvalue weighted by Crippen LogP contribution is -2.48. The molecule has 0 bridgehead atoms. The molecule has 4 nitrogen and oxygen atoms in total. The first-order chi connectivity index (χ1) is 8.64. The van der Waals surface area contributed by atoms with E-state index in [2.05, 4.69) is 0 Å². The molecular weight excluding hydrogens is 256 g/mol. The highest BCUT2D eigenvalue weighted by atomic mass is 19.1. The Morgan fingerprint density at radius 1 is 1.21 bits per heavy atom. The van der Waals surface area contributed by atoms with Gasteiger partial charge in [-0.1, -0.05) is 6.07 Å². The third-order valence-corrected chi connectivity index (χ3v) is 2.52. The minimum atomic E-state index is -1.25. The van der Waals surface area contributed by atoms with Crippen LogP contribution in [0.1, 0.15) is 31.1 Å². The number of carbonyl (C=O) groups excluding carboxylic acids is 1. The van der Waals surface area contributed by atoms with Crippen LogP contribution in [-0.4, -0.2) is 34.0 Å². The largest absolute Gasteiger partial charge is 0.480 e. The predicted octanol–water partition coefficient (Wildman–Crippen LogP) is 2.29. The summed E-state index contributed by atoms with van der Waals surface area (Å²) in [5.74, 6) is -4.25. The van der Waals surface area contributed by atoms with E-state index in [1.165, 1.54) is 0 Å². The molecule has 0 saturated carbocycles. The first-order valence-corrected chi connectivity index (χ1v) is 5.62. The number of nitrogens with zero attached hydrogens (tertiary/aromatic N) is 1. The van der Waals surface area contributed by atoms with Crippen molar-refractivity contribution in [3.05, 3.63) is 35.4 Å². The van der Waals surface area contributed by atoms with Gasteiger partial charge < -0.3 is 10.0 Å². The smallest absolute Gasteiger partial charge is 0.323 e. The van der Waals surface area contributed by atoms with Crippen molar-refractivity contribution in [1.82, 2.24) is 4.90 Å². The second-order valence-electron chi connectivity index (χ2n) is 5.05. The first-order valence-electron chi connectivity index (χ1n) is 5.62. The van der Waals surface area contributed by atoms with Crippen molar-refractivity contribution in [3.63, 3.8) is 0 Å². The van der Waals surface area contributed by atoms with E-state index in [1.807, 2.05) is 0 Å². The molecule has 0 heterocycles. The molecule has 0 atom stereocenters. The summed E-state index contributed by atoms with van der Waals surface area (Å²) in [5.41, 5.74) is -1.61. The van der Waals surface area contributed by atoms with Gasteiger partial charge >= 0.3 is 5.97 Å². The number of carbonyl (C=O) groups is 2. The lowest BCUT2D eigenvalue weighted by atomic mass is 10.0. The molecule has 0 aliphatic rings. The highest BCUT2D eigenvalue weighted by molar-refractivity contribution is 5.96. The van der Waals surface area contributed by atoms with Crippen molar-refractivity contribution in [3.8, 4) is 0 Å². The Hall–Kier alpha value is -1.98. The Labute approximate surface area is 109 Å². The maximum Gasteiger partial charge on any atom is 0.323 e. The van der Waals surface area contributed by atoms with E-state index < -0.39 is 41.2 Å². The lowest BCUT2D eigenvalue weighted by molar-refractivity contribution is -0.138. The Kier molecular flexibility index (Phi) is 4.24. The monoisotopic (exact) mass is 271 g/mol. The quantitative estimate of drug-likeness (QED) is 0.917. The summed E-state index contributed by atoms with van der Waals surface area (Å²) in [7, 11) is 0. The number of carboxylic acids is 1. The molecule has 0 spiro atoms. The normalized spacial score (nSPS) is 11.2. The predicted molar refractivity (Wildman–Crippen MR) is 64.8 cm³/mol. The molecule has 19 heavy (non-hydrogen) atoms. The van der Waals surface area contributed by atoms with E-state index in [1.54, 1.807) is 20.8 Å². The third kappa shape index (κ3) is 3.49. The molecule has 1 aromatic carbocycles. The summed E-state index contributed by atoms with van der Waals surface area (Å²) in [6.45, 7) is 4.14. The zero-order valence-electron chi connectivity index (χ0n) is 10.9. The van der Waals surface area contributed by atoms with E-state index in [9.17, 15) is 18.4 Å². The van der Waals surface area contributed by atoms with Crippen LogP contribution in [0.3, 0.4) is 0 Å². The van der Waals surface area contributed by atoms with Crippen LogP contribution < -0.4 is 0 Å². The van der Waals surface area contributed by atoms with Crippen molar-refractivity contribution < 1.29 is 23.5 Å². The van der Waals surface area contributed by atoms with E-state index >= 15 is 0 Å². The average molecular weight is 271 g/mol. The standard InChI is InChI=1S/C13H15F2NO3/c1-13(2,3)16(7-10(17)18)12(19)11-8(14)5-4-6-9(11)15/h4-6H,7H2,1-3H3,(H,17,18). The van der Waals surface area contributed by atoms with Crippen LogP contribution in [0.15, 0.2) is 18.2 Å². The summed E-state index contributed by atoms with van der Waals surface area (Å²) in [4.78, 5) is 23.8. The van der Waals surface area contributed by atoms with Crippen LogP contribution in [0.2, 0.25) is 0 Å². The van der Waals surface area contributed by atoms with Gasteiger partial charge in [0.2, 0.25) is 0 Å². The zero-order valence-corrected chi connectivity index (χ0v) is 10.9. The maximum absolute atomic E-state index is 13.6. The van der Waals surface area contributed by atoms with Crippen molar-refractivity contribution in [2.45, 2.75) is 26.3 Å². The summed E-state index contributed by atoms with van der Waals surface area (Å²) in [6.07, 6.45) is 0. The van der Waals surface area contributed by atoms with Crippen molar-refractivity contribution >= 4 is 11.9 Å². The highest BCUT2D eigenvalue weighted by Gasteiger charge is 2.32. The van der Waals surface area contributed by atoms with Gasteiger partial charge in [-0.2, -0.15) is 0 Å². The number of aliphatic carboxylic acids is 1. The van der Waals surface area contributed by atoms with Crippen LogP contribution in [-0.2, 0) is 4.79 Å². The maximum atomic E-state index is 13.6. The summed E-state index contributed by atoms with van der Waals surface area (Å²) >= 11 is 0. The second kappa shape index (κ2) is 5.34. The summed E-state index contributed by atoms with van der Waals surface area (Å²) in [6, 6.07) is 3.05. The number of halogens is 2.